The fourth-order valence-corrected chi connectivity index (χ4v) is 3.92. The molecule has 1 aromatic heterocycles. The van der Waals surface area contributed by atoms with Crippen LogP contribution in [0.2, 0.25) is 0 Å². The first-order valence-electron chi connectivity index (χ1n) is 9.11. The summed E-state index contributed by atoms with van der Waals surface area (Å²) in [7, 11) is 0. The van der Waals surface area contributed by atoms with Crippen molar-refractivity contribution in [3.63, 3.8) is 0 Å². The summed E-state index contributed by atoms with van der Waals surface area (Å²) >= 11 is 0. The minimum absolute atomic E-state index is 0.705. The molecule has 1 N–H and O–H groups in total. The van der Waals surface area contributed by atoms with E-state index in [1.807, 2.05) is 16.9 Å². The third-order valence-electron chi connectivity index (χ3n) is 5.45. The first kappa shape index (κ1) is 14.9. The molecule has 0 aliphatic carbocycles. The molecule has 3 heterocycles. The number of hydrogen-bond acceptors (Lipinski definition) is 4. The van der Waals surface area contributed by atoms with Crippen LogP contribution < -0.4 is 10.2 Å². The molecular formula is C20H23N5. The molecule has 3 aromatic rings. The molecule has 0 amide bonds. The van der Waals surface area contributed by atoms with E-state index < -0.39 is 0 Å². The van der Waals surface area contributed by atoms with Crippen LogP contribution in [0.4, 0.5) is 5.69 Å². The number of fused-ring (bicyclic) bond motifs is 1. The highest BCUT2D eigenvalue weighted by atomic mass is 15.3. The van der Waals surface area contributed by atoms with Crippen LogP contribution in [-0.2, 0) is 0 Å². The molecule has 5 rings (SSSR count). The summed E-state index contributed by atoms with van der Waals surface area (Å²) in [6.07, 6.45) is 1.95. The van der Waals surface area contributed by atoms with E-state index in [1.54, 1.807) is 0 Å². The molecule has 0 radical (unpaired) electrons. The number of rotatable bonds is 3. The highest BCUT2D eigenvalue weighted by Crippen LogP contribution is 2.28. The van der Waals surface area contributed by atoms with E-state index in [2.05, 4.69) is 62.7 Å². The second-order valence-corrected chi connectivity index (χ2v) is 6.98. The van der Waals surface area contributed by atoms with Gasteiger partial charge in [-0.3, -0.25) is 4.90 Å². The van der Waals surface area contributed by atoms with Gasteiger partial charge >= 0.3 is 0 Å². The Labute approximate surface area is 147 Å². The Balaban J connectivity index is 1.38. The Morgan fingerprint density at radius 1 is 0.920 bits per heavy atom. The second kappa shape index (κ2) is 6.17. The van der Waals surface area contributed by atoms with Crippen LogP contribution in [0.15, 0.2) is 54.7 Å². The summed E-state index contributed by atoms with van der Waals surface area (Å²) in [6, 6.07) is 17.8. The average molecular weight is 333 g/mol. The smallest absolute Gasteiger partial charge is 0.0761 e. The van der Waals surface area contributed by atoms with E-state index in [-0.39, 0.29) is 0 Å². The number of piperazine rings is 1. The zero-order valence-corrected chi connectivity index (χ0v) is 14.3. The van der Waals surface area contributed by atoms with Gasteiger partial charge in [-0.1, -0.05) is 18.2 Å². The van der Waals surface area contributed by atoms with Crippen molar-refractivity contribution in [2.75, 3.05) is 44.2 Å². The first-order valence-corrected chi connectivity index (χ1v) is 9.11. The number of benzene rings is 2. The zero-order valence-electron chi connectivity index (χ0n) is 14.3. The Kier molecular flexibility index (Phi) is 3.68. The van der Waals surface area contributed by atoms with Gasteiger partial charge < -0.3 is 10.2 Å². The summed E-state index contributed by atoms with van der Waals surface area (Å²) in [5.74, 6) is 0. The summed E-state index contributed by atoms with van der Waals surface area (Å²) in [5.41, 5.74) is 3.59. The predicted molar refractivity (Wildman–Crippen MR) is 102 cm³/mol. The van der Waals surface area contributed by atoms with Gasteiger partial charge in [0.1, 0.15) is 0 Å². The lowest BCUT2D eigenvalue weighted by molar-refractivity contribution is 0.147. The van der Waals surface area contributed by atoms with Crippen LogP contribution in [-0.4, -0.2) is 60.0 Å². The normalized spacial score (nSPS) is 19.3. The highest BCUT2D eigenvalue weighted by molar-refractivity contribution is 5.84. The van der Waals surface area contributed by atoms with Gasteiger partial charge in [0.25, 0.3) is 0 Å². The molecule has 2 aromatic carbocycles. The number of para-hydroxylation sites is 1. The topological polar surface area (TPSA) is 36.3 Å². The third-order valence-corrected chi connectivity index (χ3v) is 5.45. The number of nitrogens with one attached hydrogen (secondary N) is 1. The third kappa shape index (κ3) is 2.69. The van der Waals surface area contributed by atoms with Crippen molar-refractivity contribution in [1.82, 2.24) is 20.0 Å². The largest absolute Gasteiger partial charge is 0.368 e. The summed E-state index contributed by atoms with van der Waals surface area (Å²) in [6.45, 7) is 6.87. The number of anilines is 1. The van der Waals surface area contributed by atoms with Gasteiger partial charge in [0.05, 0.1) is 17.4 Å². The first-order chi connectivity index (χ1) is 12.4. The summed E-state index contributed by atoms with van der Waals surface area (Å²) in [4.78, 5) is 5.11. The van der Waals surface area contributed by atoms with Gasteiger partial charge in [0.2, 0.25) is 0 Å². The number of nitrogens with zero attached hydrogens (tertiary/aromatic N) is 4. The SMILES string of the molecule is c1ccc(-n2ncc3ccc(N4CC(N5CCNCC5)C4)cc32)cc1. The second-order valence-electron chi connectivity index (χ2n) is 6.98. The van der Waals surface area contributed by atoms with E-state index in [0.29, 0.717) is 6.04 Å². The van der Waals surface area contributed by atoms with Crippen LogP contribution in [0.25, 0.3) is 16.6 Å². The molecule has 2 aliphatic heterocycles. The maximum atomic E-state index is 4.58. The van der Waals surface area contributed by atoms with Gasteiger partial charge in [-0.15, -0.1) is 0 Å². The molecule has 5 nitrogen and oxygen atoms in total. The van der Waals surface area contributed by atoms with Crippen molar-refractivity contribution in [2.24, 2.45) is 0 Å². The van der Waals surface area contributed by atoms with E-state index in [1.165, 1.54) is 29.7 Å². The van der Waals surface area contributed by atoms with Crippen molar-refractivity contribution in [3.8, 4) is 5.69 Å². The van der Waals surface area contributed by atoms with Gasteiger partial charge in [0.15, 0.2) is 0 Å². The van der Waals surface area contributed by atoms with Gasteiger partial charge in [-0.25, -0.2) is 4.68 Å². The summed E-state index contributed by atoms with van der Waals surface area (Å²) in [5, 5.41) is 9.20. The van der Waals surface area contributed by atoms with Crippen molar-refractivity contribution in [3.05, 3.63) is 54.7 Å². The van der Waals surface area contributed by atoms with Crippen molar-refractivity contribution in [2.45, 2.75) is 6.04 Å². The molecule has 25 heavy (non-hydrogen) atoms. The summed E-state index contributed by atoms with van der Waals surface area (Å²) < 4.78 is 2.03. The van der Waals surface area contributed by atoms with Gasteiger partial charge in [-0.2, -0.15) is 5.10 Å². The molecule has 5 heteroatoms. The average Bonchev–Trinajstić information content (AvgIpc) is 3.05. The van der Waals surface area contributed by atoms with Gasteiger partial charge in [-0.05, 0) is 30.3 Å². The molecular weight excluding hydrogens is 310 g/mol. The highest BCUT2D eigenvalue weighted by Gasteiger charge is 2.32. The van der Waals surface area contributed by atoms with Gasteiger partial charge in [0, 0.05) is 56.4 Å². The molecule has 0 bridgehead atoms. The van der Waals surface area contributed by atoms with E-state index >= 15 is 0 Å². The van der Waals surface area contributed by atoms with Crippen molar-refractivity contribution >= 4 is 16.6 Å². The van der Waals surface area contributed by atoms with E-state index in [9.17, 15) is 0 Å². The monoisotopic (exact) mass is 333 g/mol. The van der Waals surface area contributed by atoms with E-state index in [0.717, 1.165) is 31.9 Å². The molecule has 128 valence electrons. The predicted octanol–water partition coefficient (Wildman–Crippen LogP) is 2.12. The molecule has 2 saturated heterocycles. The van der Waals surface area contributed by atoms with Crippen LogP contribution in [0.1, 0.15) is 0 Å². The molecule has 0 spiro atoms. The Bertz CT molecular complexity index is 860. The maximum absolute atomic E-state index is 4.58. The fraction of sp³-hybridized carbons (Fsp3) is 0.350. The molecule has 0 saturated carbocycles. The lowest BCUT2D eigenvalue weighted by Gasteiger charge is -2.48. The minimum atomic E-state index is 0.705. The quantitative estimate of drug-likeness (QED) is 0.796. The fourth-order valence-electron chi connectivity index (χ4n) is 3.92. The Hall–Kier alpha value is -2.37. The van der Waals surface area contributed by atoms with Crippen LogP contribution in [0.5, 0.6) is 0 Å². The van der Waals surface area contributed by atoms with Crippen molar-refractivity contribution < 1.29 is 0 Å². The maximum Gasteiger partial charge on any atom is 0.0761 e. The zero-order chi connectivity index (χ0) is 16.6. The molecule has 2 fully saturated rings. The Morgan fingerprint density at radius 2 is 1.72 bits per heavy atom. The minimum Gasteiger partial charge on any atom is -0.368 e. The van der Waals surface area contributed by atoms with Crippen LogP contribution >= 0.6 is 0 Å². The number of aromatic nitrogens is 2. The molecule has 0 atom stereocenters. The molecule has 0 unspecified atom stereocenters. The van der Waals surface area contributed by atoms with E-state index in [4.69, 9.17) is 0 Å². The lowest BCUT2D eigenvalue weighted by Crippen LogP contribution is -2.62. The standard InChI is InChI=1S/C20H23N5/c1-2-4-17(5-3-1)25-20-12-18(7-6-16(20)13-22-25)24-14-19(15-24)23-10-8-21-9-11-23/h1-7,12-13,19,21H,8-11,14-15H2. The number of hydrogen-bond donors (Lipinski definition) is 1. The Morgan fingerprint density at radius 3 is 2.52 bits per heavy atom. The van der Waals surface area contributed by atoms with Crippen molar-refractivity contribution in [1.29, 1.82) is 0 Å². The molecule has 2 aliphatic rings. The van der Waals surface area contributed by atoms with Crippen LogP contribution in [0.3, 0.4) is 0 Å². The van der Waals surface area contributed by atoms with Crippen LogP contribution in [0, 0.1) is 0 Å². The lowest BCUT2D eigenvalue weighted by atomic mass is 10.0.